The van der Waals surface area contributed by atoms with Gasteiger partial charge in [-0.05, 0) is 19.9 Å². The highest BCUT2D eigenvalue weighted by Gasteiger charge is 2.10. The molecule has 1 heterocycles. The molecule has 0 saturated carbocycles. The van der Waals surface area contributed by atoms with Gasteiger partial charge in [-0.15, -0.1) is 0 Å². The lowest BCUT2D eigenvalue weighted by Gasteiger charge is -1.96. The van der Waals surface area contributed by atoms with E-state index in [9.17, 15) is 4.79 Å². The Morgan fingerprint density at radius 3 is 3.00 bits per heavy atom. The highest BCUT2D eigenvalue weighted by atomic mass is 16.5. The fourth-order valence-electron chi connectivity index (χ4n) is 1.17. The number of carbonyl (C=O) groups is 1. The van der Waals surface area contributed by atoms with Crippen molar-refractivity contribution in [3.63, 3.8) is 0 Å². The summed E-state index contributed by atoms with van der Waals surface area (Å²) in [5, 5.41) is 0. The van der Waals surface area contributed by atoms with Gasteiger partial charge >= 0.3 is 5.97 Å². The van der Waals surface area contributed by atoms with Gasteiger partial charge in [0.15, 0.2) is 0 Å². The lowest BCUT2D eigenvalue weighted by Crippen LogP contribution is -2.04. The molecule has 0 fully saturated rings. The first-order valence-electron chi connectivity index (χ1n) is 4.48. The molecule has 1 rings (SSSR count). The number of ether oxygens (including phenoxy) is 1. The SMILES string of the molecule is CCOC(=O)c1cc(C=NC)c(C)[nH]1. The maximum absolute atomic E-state index is 11.3. The summed E-state index contributed by atoms with van der Waals surface area (Å²) in [6, 6.07) is 1.74. The van der Waals surface area contributed by atoms with Crippen LogP contribution in [0.5, 0.6) is 0 Å². The van der Waals surface area contributed by atoms with E-state index in [0.29, 0.717) is 12.3 Å². The van der Waals surface area contributed by atoms with E-state index in [1.807, 2.05) is 6.92 Å². The lowest BCUT2D eigenvalue weighted by molar-refractivity contribution is 0.0520. The van der Waals surface area contributed by atoms with Crippen molar-refractivity contribution in [3.8, 4) is 0 Å². The number of aromatic amines is 1. The highest BCUT2D eigenvalue weighted by molar-refractivity contribution is 5.91. The van der Waals surface area contributed by atoms with E-state index >= 15 is 0 Å². The summed E-state index contributed by atoms with van der Waals surface area (Å²) in [6.07, 6.45) is 1.70. The van der Waals surface area contributed by atoms with Crippen LogP contribution in [0.2, 0.25) is 0 Å². The van der Waals surface area contributed by atoms with E-state index in [1.165, 1.54) is 0 Å². The first-order chi connectivity index (χ1) is 6.69. The van der Waals surface area contributed by atoms with Crippen molar-refractivity contribution in [3.05, 3.63) is 23.0 Å². The molecule has 0 radical (unpaired) electrons. The summed E-state index contributed by atoms with van der Waals surface area (Å²) in [5.74, 6) is -0.327. The molecule has 0 aliphatic carbocycles. The fourth-order valence-corrected chi connectivity index (χ4v) is 1.17. The Hall–Kier alpha value is -1.58. The largest absolute Gasteiger partial charge is 0.461 e. The van der Waals surface area contributed by atoms with Gasteiger partial charge in [0.25, 0.3) is 0 Å². The Bertz CT molecular complexity index is 353. The molecule has 0 atom stereocenters. The standard InChI is InChI=1S/C10H14N2O2/c1-4-14-10(13)9-5-8(6-11-3)7(2)12-9/h5-6,12H,4H2,1-3H3. The second-order valence-corrected chi connectivity index (χ2v) is 2.87. The molecule has 1 N–H and O–H groups in total. The van der Waals surface area contributed by atoms with Gasteiger partial charge in [0.05, 0.1) is 6.61 Å². The maximum Gasteiger partial charge on any atom is 0.354 e. The molecule has 0 saturated heterocycles. The summed E-state index contributed by atoms with van der Waals surface area (Å²) in [6.45, 7) is 4.05. The number of nitrogens with one attached hydrogen (secondary N) is 1. The van der Waals surface area contributed by atoms with Crippen LogP contribution in [0.25, 0.3) is 0 Å². The third-order valence-corrected chi connectivity index (χ3v) is 1.82. The summed E-state index contributed by atoms with van der Waals surface area (Å²) in [4.78, 5) is 18.2. The maximum atomic E-state index is 11.3. The molecule has 1 aromatic rings. The zero-order chi connectivity index (χ0) is 10.6. The van der Waals surface area contributed by atoms with Crippen molar-refractivity contribution >= 4 is 12.2 Å². The second kappa shape index (κ2) is 4.60. The van der Waals surface area contributed by atoms with Gasteiger partial charge in [-0.1, -0.05) is 0 Å². The average molecular weight is 194 g/mol. The van der Waals surface area contributed by atoms with Crippen LogP contribution < -0.4 is 0 Å². The van der Waals surface area contributed by atoms with E-state index in [2.05, 4.69) is 9.98 Å². The zero-order valence-corrected chi connectivity index (χ0v) is 8.63. The van der Waals surface area contributed by atoms with Crippen LogP contribution in [-0.4, -0.2) is 30.8 Å². The van der Waals surface area contributed by atoms with Gasteiger partial charge in [0.1, 0.15) is 5.69 Å². The number of aliphatic imine (C=N–C) groups is 1. The van der Waals surface area contributed by atoms with Gasteiger partial charge in [0, 0.05) is 24.5 Å². The van der Waals surface area contributed by atoms with Gasteiger partial charge < -0.3 is 9.72 Å². The molecule has 0 aliphatic heterocycles. The Labute approximate surface area is 83.0 Å². The smallest absolute Gasteiger partial charge is 0.354 e. The first-order valence-corrected chi connectivity index (χ1v) is 4.48. The number of H-pyrrole nitrogens is 1. The Morgan fingerprint density at radius 1 is 1.71 bits per heavy atom. The minimum absolute atomic E-state index is 0.327. The van der Waals surface area contributed by atoms with E-state index in [4.69, 9.17) is 4.74 Å². The number of nitrogens with zero attached hydrogens (tertiary/aromatic N) is 1. The van der Waals surface area contributed by atoms with Crippen molar-refractivity contribution < 1.29 is 9.53 Å². The third-order valence-electron chi connectivity index (χ3n) is 1.82. The van der Waals surface area contributed by atoms with Crippen molar-refractivity contribution in [2.24, 2.45) is 4.99 Å². The number of aryl methyl sites for hydroxylation is 1. The molecule has 4 nitrogen and oxygen atoms in total. The first kappa shape index (κ1) is 10.5. The van der Waals surface area contributed by atoms with E-state index in [-0.39, 0.29) is 5.97 Å². The van der Waals surface area contributed by atoms with Crippen LogP contribution in [0, 0.1) is 6.92 Å². The van der Waals surface area contributed by atoms with Crippen LogP contribution in [0.1, 0.15) is 28.7 Å². The van der Waals surface area contributed by atoms with Gasteiger partial charge in [-0.3, -0.25) is 4.99 Å². The van der Waals surface area contributed by atoms with Crippen molar-refractivity contribution in [1.82, 2.24) is 4.98 Å². The quantitative estimate of drug-likeness (QED) is 0.586. The number of esters is 1. The molecule has 1 aromatic heterocycles. The van der Waals surface area contributed by atoms with Crippen molar-refractivity contribution in [2.75, 3.05) is 13.7 Å². The van der Waals surface area contributed by atoms with E-state index < -0.39 is 0 Å². The molecule has 0 aliphatic rings. The predicted molar refractivity (Wildman–Crippen MR) is 55.0 cm³/mol. The Kier molecular flexibility index (Phi) is 3.45. The molecule has 0 unspecified atom stereocenters. The van der Waals surface area contributed by atoms with Crippen LogP contribution in [-0.2, 0) is 4.74 Å². The van der Waals surface area contributed by atoms with Crippen molar-refractivity contribution in [2.45, 2.75) is 13.8 Å². The summed E-state index contributed by atoms with van der Waals surface area (Å²) in [5.41, 5.74) is 2.30. The topological polar surface area (TPSA) is 54.4 Å². The molecule has 0 bridgehead atoms. The second-order valence-electron chi connectivity index (χ2n) is 2.87. The minimum Gasteiger partial charge on any atom is -0.461 e. The summed E-state index contributed by atoms with van der Waals surface area (Å²) < 4.78 is 4.86. The number of carbonyl (C=O) groups excluding carboxylic acids is 1. The summed E-state index contributed by atoms with van der Waals surface area (Å²) >= 11 is 0. The molecule has 14 heavy (non-hydrogen) atoms. The number of rotatable bonds is 3. The Morgan fingerprint density at radius 2 is 2.43 bits per heavy atom. The normalized spacial score (nSPS) is 10.8. The summed E-state index contributed by atoms with van der Waals surface area (Å²) in [7, 11) is 1.69. The number of hydrogen-bond donors (Lipinski definition) is 1. The molecule has 0 aromatic carbocycles. The number of hydrogen-bond acceptors (Lipinski definition) is 3. The van der Waals surface area contributed by atoms with Crippen LogP contribution in [0.15, 0.2) is 11.1 Å². The molecule has 0 amide bonds. The van der Waals surface area contributed by atoms with Gasteiger partial charge in [-0.2, -0.15) is 0 Å². The van der Waals surface area contributed by atoms with Gasteiger partial charge in [-0.25, -0.2) is 4.79 Å². The molecule has 76 valence electrons. The molecular formula is C10H14N2O2. The minimum atomic E-state index is -0.327. The predicted octanol–water partition coefficient (Wildman–Crippen LogP) is 1.55. The van der Waals surface area contributed by atoms with Crippen LogP contribution >= 0.6 is 0 Å². The average Bonchev–Trinajstić information content (AvgIpc) is 2.49. The highest BCUT2D eigenvalue weighted by Crippen LogP contribution is 2.08. The van der Waals surface area contributed by atoms with Crippen molar-refractivity contribution in [1.29, 1.82) is 0 Å². The number of aromatic nitrogens is 1. The molecular weight excluding hydrogens is 180 g/mol. The van der Waals surface area contributed by atoms with E-state index in [0.717, 1.165) is 11.3 Å². The van der Waals surface area contributed by atoms with Gasteiger partial charge in [0.2, 0.25) is 0 Å². The van der Waals surface area contributed by atoms with E-state index in [1.54, 1.807) is 26.3 Å². The Balaban J connectivity index is 2.90. The molecule has 0 spiro atoms. The lowest BCUT2D eigenvalue weighted by atomic mass is 10.2. The fraction of sp³-hybridized carbons (Fsp3) is 0.400. The van der Waals surface area contributed by atoms with Crippen LogP contribution in [0.4, 0.5) is 0 Å². The molecule has 4 heteroatoms. The van der Waals surface area contributed by atoms with Crippen LogP contribution in [0.3, 0.4) is 0 Å². The monoisotopic (exact) mass is 194 g/mol. The zero-order valence-electron chi connectivity index (χ0n) is 8.63. The third kappa shape index (κ3) is 2.22.